The molecule has 1 atom stereocenters. The van der Waals surface area contributed by atoms with E-state index in [1.807, 2.05) is 6.20 Å². The molecule has 37 heavy (non-hydrogen) atoms. The summed E-state index contributed by atoms with van der Waals surface area (Å²) in [4.78, 5) is 9.63. The van der Waals surface area contributed by atoms with Crippen LogP contribution in [0.4, 0.5) is 24.8 Å². The molecule has 2 fully saturated rings. The first kappa shape index (κ1) is 26.2. The highest BCUT2D eigenvalue weighted by atomic mass is 19.4. The second-order valence-corrected chi connectivity index (χ2v) is 10.5. The Morgan fingerprint density at radius 2 is 1.70 bits per heavy atom. The molecule has 2 aromatic rings. The van der Waals surface area contributed by atoms with Gasteiger partial charge in [0.05, 0.1) is 5.69 Å². The number of aryl methyl sites for hydroxylation is 2. The zero-order valence-corrected chi connectivity index (χ0v) is 21.0. The Morgan fingerprint density at radius 1 is 0.973 bits per heavy atom. The minimum absolute atomic E-state index is 0.0188. The molecule has 0 amide bonds. The minimum atomic E-state index is -4.58. The number of anilines is 2. The summed E-state index contributed by atoms with van der Waals surface area (Å²) in [6.45, 7) is 2.10. The molecule has 0 bridgehead atoms. The number of ether oxygens (including phenoxy) is 1. The molecule has 202 valence electrons. The van der Waals surface area contributed by atoms with Crippen LogP contribution in [0.25, 0.3) is 11.3 Å². The Hall–Kier alpha value is -2.43. The van der Waals surface area contributed by atoms with E-state index < -0.39 is 18.8 Å². The number of aliphatic hydroxyl groups is 1. The Balaban J connectivity index is 1.18. The molecule has 4 N–H and O–H groups in total. The summed E-state index contributed by atoms with van der Waals surface area (Å²) < 4.78 is 43.1. The first-order chi connectivity index (χ1) is 17.8. The maximum absolute atomic E-state index is 12.5. The zero-order chi connectivity index (χ0) is 25.8. The predicted molar refractivity (Wildman–Crippen MR) is 137 cm³/mol. The molecule has 2 aliphatic carbocycles. The summed E-state index contributed by atoms with van der Waals surface area (Å²) in [5, 5.41) is 19.1. The highest BCUT2D eigenvalue weighted by Gasteiger charge is 2.38. The van der Waals surface area contributed by atoms with Crippen LogP contribution in [0.1, 0.15) is 49.7 Å². The summed E-state index contributed by atoms with van der Waals surface area (Å²) >= 11 is 0. The van der Waals surface area contributed by atoms with Crippen LogP contribution in [0.15, 0.2) is 24.4 Å². The van der Waals surface area contributed by atoms with Gasteiger partial charge in [0.2, 0.25) is 0 Å². The molecule has 7 nitrogen and oxygen atoms in total. The van der Waals surface area contributed by atoms with Crippen molar-refractivity contribution >= 4 is 11.6 Å². The molecule has 3 aliphatic rings. The molecule has 3 heterocycles. The highest BCUT2D eigenvalue weighted by Crippen LogP contribution is 2.34. The van der Waals surface area contributed by atoms with Crippen LogP contribution < -0.4 is 16.0 Å². The fourth-order valence-electron chi connectivity index (χ4n) is 5.52. The number of alkyl halides is 3. The summed E-state index contributed by atoms with van der Waals surface area (Å²) in [5.74, 6) is 2.31. The average molecular weight is 520 g/mol. The van der Waals surface area contributed by atoms with E-state index in [1.165, 1.54) is 11.1 Å². The molecule has 0 radical (unpaired) electrons. The van der Waals surface area contributed by atoms with Crippen LogP contribution in [-0.2, 0) is 17.6 Å². The number of nitrogens with one attached hydrogen (secondary N) is 3. The number of pyridine rings is 2. The van der Waals surface area contributed by atoms with Gasteiger partial charge in [0, 0.05) is 50.1 Å². The number of aromatic nitrogens is 2. The third-order valence-electron chi connectivity index (χ3n) is 7.85. The van der Waals surface area contributed by atoms with Crippen molar-refractivity contribution in [3.05, 3.63) is 35.5 Å². The standard InChI is InChI=1S/C27H36F3N5O2/c28-27(29,30)23(36)16-31-20-4-6-21(7-5-20)34-25-13-22-19(15-33-25)2-1-18-3-8-24(35-26(18)22)32-14-17-9-11-37-12-10-17/h3,8,13,15,17,20-21,23,31,36H,1-2,4-7,9-12,14,16H2,(H,32,35)(H,33,34)/t20?,21?,23-/m0/s1. The van der Waals surface area contributed by atoms with E-state index in [9.17, 15) is 18.3 Å². The molecule has 0 unspecified atom stereocenters. The summed E-state index contributed by atoms with van der Waals surface area (Å²) in [6, 6.07) is 6.53. The summed E-state index contributed by atoms with van der Waals surface area (Å²) in [7, 11) is 0. The molecular weight excluding hydrogens is 483 g/mol. The van der Waals surface area contributed by atoms with E-state index in [2.05, 4.69) is 39.1 Å². The van der Waals surface area contributed by atoms with E-state index in [0.29, 0.717) is 5.92 Å². The van der Waals surface area contributed by atoms with Gasteiger partial charge in [-0.2, -0.15) is 13.2 Å². The number of aliphatic hydroxyl groups excluding tert-OH is 1. The Morgan fingerprint density at radius 3 is 2.46 bits per heavy atom. The van der Waals surface area contributed by atoms with E-state index in [0.717, 1.165) is 94.0 Å². The quantitative estimate of drug-likeness (QED) is 0.413. The predicted octanol–water partition coefficient (Wildman–Crippen LogP) is 4.32. The van der Waals surface area contributed by atoms with Crippen molar-refractivity contribution in [3.8, 4) is 11.3 Å². The zero-order valence-electron chi connectivity index (χ0n) is 21.0. The topological polar surface area (TPSA) is 91.3 Å². The van der Waals surface area contributed by atoms with E-state index >= 15 is 0 Å². The SMILES string of the molecule is O[C@@H](CNC1CCC(Nc2cc3c(cn2)CCc2ccc(NCC4CCOCC4)nc2-3)CC1)C(F)(F)F. The second-order valence-electron chi connectivity index (χ2n) is 10.5. The van der Waals surface area contributed by atoms with Crippen molar-refractivity contribution in [1.29, 1.82) is 0 Å². The van der Waals surface area contributed by atoms with Gasteiger partial charge in [-0.1, -0.05) is 6.07 Å². The lowest BCUT2D eigenvalue weighted by molar-refractivity contribution is -0.202. The van der Waals surface area contributed by atoms with Gasteiger partial charge in [-0.25, -0.2) is 9.97 Å². The molecule has 0 spiro atoms. The van der Waals surface area contributed by atoms with Crippen LogP contribution >= 0.6 is 0 Å². The van der Waals surface area contributed by atoms with Crippen LogP contribution in [-0.4, -0.2) is 65.7 Å². The van der Waals surface area contributed by atoms with Gasteiger partial charge < -0.3 is 25.8 Å². The van der Waals surface area contributed by atoms with Crippen LogP contribution in [0.2, 0.25) is 0 Å². The van der Waals surface area contributed by atoms with Crippen molar-refractivity contribution in [2.45, 2.75) is 75.7 Å². The van der Waals surface area contributed by atoms with Crippen molar-refractivity contribution in [2.24, 2.45) is 5.92 Å². The van der Waals surface area contributed by atoms with Crippen LogP contribution in [0, 0.1) is 5.92 Å². The molecule has 2 aromatic heterocycles. The van der Waals surface area contributed by atoms with E-state index in [4.69, 9.17) is 9.72 Å². The number of rotatable bonds is 8. The van der Waals surface area contributed by atoms with Gasteiger partial charge >= 0.3 is 6.18 Å². The number of fused-ring (bicyclic) bond motifs is 3. The summed E-state index contributed by atoms with van der Waals surface area (Å²) in [6.07, 6.45) is 2.23. The Bertz CT molecular complexity index is 1050. The van der Waals surface area contributed by atoms with Crippen LogP contribution in [0.5, 0.6) is 0 Å². The largest absolute Gasteiger partial charge is 0.415 e. The lowest BCUT2D eigenvalue weighted by Gasteiger charge is -2.31. The number of hydrogen-bond acceptors (Lipinski definition) is 7. The smallest absolute Gasteiger partial charge is 0.382 e. The first-order valence-electron chi connectivity index (χ1n) is 13.4. The number of nitrogens with zero attached hydrogens (tertiary/aromatic N) is 2. The van der Waals surface area contributed by atoms with Gasteiger partial charge in [0.25, 0.3) is 0 Å². The fraction of sp³-hybridized carbons (Fsp3) is 0.630. The Kier molecular flexibility index (Phi) is 8.16. The van der Waals surface area contributed by atoms with Gasteiger partial charge in [0.15, 0.2) is 6.10 Å². The van der Waals surface area contributed by atoms with Crippen LogP contribution in [0.3, 0.4) is 0 Å². The minimum Gasteiger partial charge on any atom is -0.382 e. The lowest BCUT2D eigenvalue weighted by atomic mass is 9.89. The molecule has 1 saturated heterocycles. The lowest BCUT2D eigenvalue weighted by Crippen LogP contribution is -2.44. The molecule has 1 saturated carbocycles. The maximum atomic E-state index is 12.5. The molecular formula is C27H36F3N5O2. The van der Waals surface area contributed by atoms with E-state index in [1.54, 1.807) is 0 Å². The monoisotopic (exact) mass is 519 g/mol. The van der Waals surface area contributed by atoms with Gasteiger partial charge in [-0.05, 0) is 80.5 Å². The summed E-state index contributed by atoms with van der Waals surface area (Å²) in [5.41, 5.74) is 4.57. The molecule has 1 aliphatic heterocycles. The fourth-order valence-corrected chi connectivity index (χ4v) is 5.52. The first-order valence-corrected chi connectivity index (χ1v) is 13.4. The number of hydrogen-bond donors (Lipinski definition) is 4. The van der Waals surface area contributed by atoms with Gasteiger partial charge in [-0.3, -0.25) is 0 Å². The molecule has 0 aromatic carbocycles. The van der Waals surface area contributed by atoms with Crippen molar-refractivity contribution < 1.29 is 23.0 Å². The van der Waals surface area contributed by atoms with E-state index in [-0.39, 0.29) is 12.1 Å². The van der Waals surface area contributed by atoms with Gasteiger partial charge in [0.1, 0.15) is 11.6 Å². The maximum Gasteiger partial charge on any atom is 0.415 e. The molecule has 5 rings (SSSR count). The normalized spacial score (nSPS) is 23.1. The van der Waals surface area contributed by atoms with Crippen molar-refractivity contribution in [2.75, 3.05) is 36.9 Å². The number of halogens is 3. The third-order valence-corrected chi connectivity index (χ3v) is 7.85. The third kappa shape index (κ3) is 6.72. The van der Waals surface area contributed by atoms with Crippen molar-refractivity contribution in [3.63, 3.8) is 0 Å². The van der Waals surface area contributed by atoms with Crippen molar-refractivity contribution in [1.82, 2.24) is 15.3 Å². The van der Waals surface area contributed by atoms with Gasteiger partial charge in [-0.15, -0.1) is 0 Å². The average Bonchev–Trinajstić information content (AvgIpc) is 2.91. The molecule has 10 heteroatoms. The highest BCUT2D eigenvalue weighted by molar-refractivity contribution is 5.73. The second kappa shape index (κ2) is 11.5. The Labute approximate surface area is 215 Å².